The van der Waals surface area contributed by atoms with Gasteiger partial charge in [0, 0.05) is 25.2 Å². The van der Waals surface area contributed by atoms with Crippen LogP contribution < -0.4 is 0 Å². The summed E-state index contributed by atoms with van der Waals surface area (Å²) in [6, 6.07) is 5.99. The third kappa shape index (κ3) is 3.49. The van der Waals surface area contributed by atoms with Gasteiger partial charge < -0.3 is 4.74 Å². The summed E-state index contributed by atoms with van der Waals surface area (Å²) >= 11 is 0. The highest BCUT2D eigenvalue weighted by Crippen LogP contribution is 2.17. The molecule has 1 aliphatic heterocycles. The van der Waals surface area contributed by atoms with Crippen molar-refractivity contribution in [1.29, 1.82) is 0 Å². The van der Waals surface area contributed by atoms with Gasteiger partial charge in [-0.05, 0) is 5.56 Å². The maximum absolute atomic E-state index is 11.9. The van der Waals surface area contributed by atoms with Gasteiger partial charge in [0.2, 0.25) is 10.0 Å². The van der Waals surface area contributed by atoms with Crippen LogP contribution in [0.15, 0.2) is 24.3 Å². The van der Waals surface area contributed by atoms with Crippen molar-refractivity contribution in [1.82, 2.24) is 4.31 Å². The van der Waals surface area contributed by atoms with E-state index in [1.807, 2.05) is 0 Å². The SMILES string of the molecule is O=[N+]([O-])c1cccc(CN2CCOCCS2(=O)=O)c1. The Morgan fingerprint density at radius 1 is 1.37 bits per heavy atom. The van der Waals surface area contributed by atoms with Gasteiger partial charge in [0.1, 0.15) is 0 Å². The van der Waals surface area contributed by atoms with E-state index in [9.17, 15) is 18.5 Å². The first-order valence-electron chi connectivity index (χ1n) is 5.78. The number of hydrogen-bond donors (Lipinski definition) is 0. The van der Waals surface area contributed by atoms with Gasteiger partial charge in [0.15, 0.2) is 0 Å². The molecule has 1 aromatic carbocycles. The number of benzene rings is 1. The van der Waals surface area contributed by atoms with Gasteiger partial charge in [-0.25, -0.2) is 8.42 Å². The Labute approximate surface area is 111 Å². The van der Waals surface area contributed by atoms with E-state index in [1.165, 1.54) is 16.4 Å². The van der Waals surface area contributed by atoms with Crippen molar-refractivity contribution in [2.24, 2.45) is 0 Å². The Bertz CT molecular complexity index is 572. The number of ether oxygens (including phenoxy) is 1. The molecule has 1 fully saturated rings. The Morgan fingerprint density at radius 2 is 2.16 bits per heavy atom. The zero-order valence-corrected chi connectivity index (χ0v) is 11.0. The highest BCUT2D eigenvalue weighted by molar-refractivity contribution is 7.89. The molecule has 1 aliphatic rings. The molecule has 0 amide bonds. The lowest BCUT2D eigenvalue weighted by Crippen LogP contribution is -2.33. The second kappa shape index (κ2) is 5.64. The average Bonchev–Trinajstić information content (AvgIpc) is 2.52. The summed E-state index contributed by atoms with van der Waals surface area (Å²) in [5.41, 5.74) is 0.556. The fourth-order valence-corrected chi connectivity index (χ4v) is 3.14. The molecule has 0 N–H and O–H groups in total. The average molecular weight is 286 g/mol. The van der Waals surface area contributed by atoms with Gasteiger partial charge in [-0.1, -0.05) is 12.1 Å². The Balaban J connectivity index is 2.19. The minimum Gasteiger partial charge on any atom is -0.379 e. The quantitative estimate of drug-likeness (QED) is 0.604. The van der Waals surface area contributed by atoms with Crippen LogP contribution in [0, 0.1) is 10.1 Å². The monoisotopic (exact) mass is 286 g/mol. The minimum absolute atomic E-state index is 0.0408. The predicted molar refractivity (Wildman–Crippen MR) is 68.1 cm³/mol. The molecule has 0 bridgehead atoms. The number of nitro benzene ring substituents is 1. The number of sulfonamides is 1. The van der Waals surface area contributed by atoms with Crippen LogP contribution in [0.2, 0.25) is 0 Å². The summed E-state index contributed by atoms with van der Waals surface area (Å²) in [5.74, 6) is -0.0536. The fraction of sp³-hybridized carbons (Fsp3) is 0.455. The van der Waals surface area contributed by atoms with E-state index in [1.54, 1.807) is 12.1 Å². The van der Waals surface area contributed by atoms with E-state index in [-0.39, 0.29) is 31.1 Å². The second-order valence-corrected chi connectivity index (χ2v) is 6.28. The number of rotatable bonds is 3. The summed E-state index contributed by atoms with van der Waals surface area (Å²) in [5, 5.41) is 10.7. The third-order valence-electron chi connectivity index (χ3n) is 2.84. The molecule has 0 spiro atoms. The van der Waals surface area contributed by atoms with Crippen LogP contribution in [0.1, 0.15) is 5.56 Å². The molecular formula is C11H14N2O5S. The van der Waals surface area contributed by atoms with Crippen molar-refractivity contribution >= 4 is 15.7 Å². The third-order valence-corrected chi connectivity index (χ3v) is 4.63. The van der Waals surface area contributed by atoms with Crippen LogP contribution >= 0.6 is 0 Å². The molecule has 0 unspecified atom stereocenters. The van der Waals surface area contributed by atoms with Crippen LogP contribution in [0.4, 0.5) is 5.69 Å². The molecule has 7 nitrogen and oxygen atoms in total. The Hall–Kier alpha value is -1.51. The van der Waals surface area contributed by atoms with E-state index in [0.29, 0.717) is 12.2 Å². The highest BCUT2D eigenvalue weighted by atomic mass is 32.2. The summed E-state index contributed by atoms with van der Waals surface area (Å²) in [4.78, 5) is 10.2. The largest absolute Gasteiger partial charge is 0.379 e. The van der Waals surface area contributed by atoms with Crippen molar-refractivity contribution in [3.8, 4) is 0 Å². The molecule has 0 aliphatic carbocycles. The molecule has 19 heavy (non-hydrogen) atoms. The predicted octanol–water partition coefficient (Wildman–Crippen LogP) is 0.757. The lowest BCUT2D eigenvalue weighted by atomic mass is 10.2. The highest BCUT2D eigenvalue weighted by Gasteiger charge is 2.24. The second-order valence-electron chi connectivity index (χ2n) is 4.19. The van der Waals surface area contributed by atoms with Gasteiger partial charge in [-0.15, -0.1) is 0 Å². The summed E-state index contributed by atoms with van der Waals surface area (Å²) in [6.07, 6.45) is 0. The lowest BCUT2D eigenvalue weighted by Gasteiger charge is -2.18. The zero-order valence-electron chi connectivity index (χ0n) is 10.2. The lowest BCUT2D eigenvalue weighted by molar-refractivity contribution is -0.384. The molecule has 0 aromatic heterocycles. The summed E-state index contributed by atoms with van der Waals surface area (Å²) in [7, 11) is -3.35. The normalized spacial score (nSPS) is 19.8. The van der Waals surface area contributed by atoms with Gasteiger partial charge in [0.05, 0.1) is 23.9 Å². The minimum atomic E-state index is -3.35. The number of nitro groups is 1. The number of nitrogens with zero attached hydrogens (tertiary/aromatic N) is 2. The summed E-state index contributed by atoms with van der Waals surface area (Å²) in [6.45, 7) is 0.931. The first kappa shape index (κ1) is 13.9. The molecule has 104 valence electrons. The number of hydrogen-bond acceptors (Lipinski definition) is 5. The summed E-state index contributed by atoms with van der Waals surface area (Å²) < 4.78 is 30.3. The van der Waals surface area contributed by atoms with Gasteiger partial charge in [0.25, 0.3) is 5.69 Å². The van der Waals surface area contributed by atoms with Gasteiger partial charge in [-0.2, -0.15) is 4.31 Å². The molecule has 1 saturated heterocycles. The van der Waals surface area contributed by atoms with Crippen LogP contribution in [0.25, 0.3) is 0 Å². The molecule has 1 aromatic rings. The first-order chi connectivity index (χ1) is 8.99. The number of non-ortho nitro benzene ring substituents is 1. The molecule has 0 saturated carbocycles. The van der Waals surface area contributed by atoms with Crippen LogP contribution in [0.5, 0.6) is 0 Å². The maximum Gasteiger partial charge on any atom is 0.269 e. The first-order valence-corrected chi connectivity index (χ1v) is 7.39. The van der Waals surface area contributed by atoms with Crippen molar-refractivity contribution < 1.29 is 18.1 Å². The van der Waals surface area contributed by atoms with E-state index < -0.39 is 14.9 Å². The van der Waals surface area contributed by atoms with E-state index in [0.717, 1.165) is 0 Å². The van der Waals surface area contributed by atoms with Crippen molar-refractivity contribution in [2.75, 3.05) is 25.5 Å². The zero-order chi connectivity index (χ0) is 13.9. The molecule has 0 radical (unpaired) electrons. The molecule has 8 heteroatoms. The van der Waals surface area contributed by atoms with Crippen LogP contribution in [-0.4, -0.2) is 43.2 Å². The topological polar surface area (TPSA) is 89.8 Å². The smallest absolute Gasteiger partial charge is 0.269 e. The van der Waals surface area contributed by atoms with Crippen molar-refractivity contribution in [3.63, 3.8) is 0 Å². The molecular weight excluding hydrogens is 272 g/mol. The molecule has 0 atom stereocenters. The van der Waals surface area contributed by atoms with Crippen molar-refractivity contribution in [3.05, 3.63) is 39.9 Å². The molecule has 2 rings (SSSR count). The standard InChI is InChI=1S/C11H14N2O5S/c14-13(15)11-3-1-2-10(8-11)9-12-4-5-18-6-7-19(12,16)17/h1-3,8H,4-7,9H2. The van der Waals surface area contributed by atoms with Gasteiger partial charge >= 0.3 is 0 Å². The van der Waals surface area contributed by atoms with E-state index in [2.05, 4.69) is 0 Å². The van der Waals surface area contributed by atoms with Crippen LogP contribution in [0.3, 0.4) is 0 Å². The van der Waals surface area contributed by atoms with Crippen molar-refractivity contribution in [2.45, 2.75) is 6.54 Å². The molecule has 1 heterocycles. The van der Waals surface area contributed by atoms with Crippen LogP contribution in [-0.2, 0) is 21.3 Å². The van der Waals surface area contributed by atoms with Gasteiger partial charge in [-0.3, -0.25) is 10.1 Å². The Kier molecular flexibility index (Phi) is 4.13. The fourth-order valence-electron chi connectivity index (χ4n) is 1.85. The van der Waals surface area contributed by atoms with E-state index >= 15 is 0 Å². The Morgan fingerprint density at radius 3 is 2.89 bits per heavy atom. The van der Waals surface area contributed by atoms with E-state index in [4.69, 9.17) is 4.74 Å². The maximum atomic E-state index is 11.9.